The Hall–Kier alpha value is -2.48. The standard InChI is InChI=1S/C15H19N5O3/c1-11-17-12(8-14(21)18-11)13-9-23-7-6-20(13)15(22)2-4-19-5-3-16-10-19/h3,5,8,10,13H,2,4,6-7,9H2,1H3,(H,17,18,21)/t13-/m1/s1. The van der Waals surface area contributed by atoms with Crippen LogP contribution < -0.4 is 5.56 Å². The van der Waals surface area contributed by atoms with E-state index in [2.05, 4.69) is 15.0 Å². The number of carbonyl (C=O) groups is 1. The second-order valence-electron chi connectivity index (χ2n) is 5.48. The fourth-order valence-corrected chi connectivity index (χ4v) is 2.71. The Morgan fingerprint density at radius 3 is 3.13 bits per heavy atom. The van der Waals surface area contributed by atoms with Gasteiger partial charge in [-0.15, -0.1) is 0 Å². The Morgan fingerprint density at radius 2 is 2.39 bits per heavy atom. The van der Waals surface area contributed by atoms with Gasteiger partial charge >= 0.3 is 0 Å². The molecule has 0 aromatic carbocycles. The molecular formula is C15H19N5O3. The summed E-state index contributed by atoms with van der Waals surface area (Å²) in [6.45, 7) is 3.65. The SMILES string of the molecule is Cc1nc([C@H]2COCCN2C(=O)CCn2ccnc2)cc(=O)[nH]1. The van der Waals surface area contributed by atoms with Gasteiger partial charge in [-0.3, -0.25) is 9.59 Å². The van der Waals surface area contributed by atoms with Crippen molar-refractivity contribution in [2.24, 2.45) is 0 Å². The second kappa shape index (κ2) is 6.74. The summed E-state index contributed by atoms with van der Waals surface area (Å²) >= 11 is 0. The number of ether oxygens (including phenoxy) is 1. The lowest BCUT2D eigenvalue weighted by atomic mass is 10.1. The Labute approximate surface area is 133 Å². The van der Waals surface area contributed by atoms with E-state index in [1.54, 1.807) is 24.3 Å². The molecule has 1 atom stereocenters. The lowest BCUT2D eigenvalue weighted by molar-refractivity contribution is -0.140. The molecule has 3 rings (SSSR count). The van der Waals surface area contributed by atoms with Crippen LogP contribution in [0.4, 0.5) is 0 Å². The van der Waals surface area contributed by atoms with E-state index in [0.717, 1.165) is 0 Å². The summed E-state index contributed by atoms with van der Waals surface area (Å²) in [5.41, 5.74) is 0.353. The maximum Gasteiger partial charge on any atom is 0.251 e. The molecule has 0 spiro atoms. The van der Waals surface area contributed by atoms with Crippen molar-refractivity contribution in [3.05, 3.63) is 46.7 Å². The topological polar surface area (TPSA) is 93.1 Å². The average molecular weight is 317 g/mol. The van der Waals surface area contributed by atoms with Gasteiger partial charge in [0.25, 0.3) is 5.56 Å². The summed E-state index contributed by atoms with van der Waals surface area (Å²) < 4.78 is 7.35. The Morgan fingerprint density at radius 1 is 1.52 bits per heavy atom. The van der Waals surface area contributed by atoms with Crippen molar-refractivity contribution in [2.75, 3.05) is 19.8 Å². The summed E-state index contributed by atoms with van der Waals surface area (Å²) in [5, 5.41) is 0. The van der Waals surface area contributed by atoms with Crippen LogP contribution in [0.15, 0.2) is 29.6 Å². The van der Waals surface area contributed by atoms with Crippen molar-refractivity contribution >= 4 is 5.91 Å². The molecule has 1 aliphatic rings. The number of amides is 1. The van der Waals surface area contributed by atoms with Crippen LogP contribution in [-0.4, -0.2) is 50.1 Å². The lowest BCUT2D eigenvalue weighted by Gasteiger charge is -2.35. The highest BCUT2D eigenvalue weighted by Crippen LogP contribution is 2.22. The van der Waals surface area contributed by atoms with Crippen LogP contribution in [0.5, 0.6) is 0 Å². The first kappa shape index (κ1) is 15.4. The first-order valence-corrected chi connectivity index (χ1v) is 7.54. The monoisotopic (exact) mass is 317 g/mol. The first-order valence-electron chi connectivity index (χ1n) is 7.54. The normalized spacial score (nSPS) is 18.1. The Bertz CT molecular complexity index is 725. The maximum atomic E-state index is 12.6. The van der Waals surface area contributed by atoms with Crippen LogP contribution in [0.25, 0.3) is 0 Å². The average Bonchev–Trinajstić information content (AvgIpc) is 3.05. The summed E-state index contributed by atoms with van der Waals surface area (Å²) in [6.07, 6.45) is 5.57. The van der Waals surface area contributed by atoms with Crippen LogP contribution in [-0.2, 0) is 16.1 Å². The van der Waals surface area contributed by atoms with E-state index in [1.807, 2.05) is 10.8 Å². The summed E-state index contributed by atoms with van der Waals surface area (Å²) in [6, 6.07) is 1.11. The minimum Gasteiger partial charge on any atom is -0.377 e. The van der Waals surface area contributed by atoms with Crippen molar-refractivity contribution in [3.63, 3.8) is 0 Å². The van der Waals surface area contributed by atoms with E-state index >= 15 is 0 Å². The van der Waals surface area contributed by atoms with E-state index in [-0.39, 0.29) is 17.5 Å². The van der Waals surface area contributed by atoms with Gasteiger partial charge in [-0.25, -0.2) is 9.97 Å². The van der Waals surface area contributed by atoms with Gasteiger partial charge in [-0.1, -0.05) is 0 Å². The molecule has 0 bridgehead atoms. The fraction of sp³-hybridized carbons (Fsp3) is 0.467. The third kappa shape index (κ3) is 3.65. The largest absolute Gasteiger partial charge is 0.377 e. The molecule has 0 unspecified atom stereocenters. The third-order valence-electron chi connectivity index (χ3n) is 3.81. The predicted molar refractivity (Wildman–Crippen MR) is 81.7 cm³/mol. The van der Waals surface area contributed by atoms with Gasteiger partial charge < -0.3 is 19.2 Å². The zero-order chi connectivity index (χ0) is 16.2. The molecule has 122 valence electrons. The third-order valence-corrected chi connectivity index (χ3v) is 3.81. The molecule has 2 aromatic rings. The number of rotatable bonds is 4. The number of imidazole rings is 1. The molecule has 1 saturated heterocycles. The Balaban J connectivity index is 1.75. The fourth-order valence-electron chi connectivity index (χ4n) is 2.71. The van der Waals surface area contributed by atoms with Crippen molar-refractivity contribution in [1.29, 1.82) is 0 Å². The number of hydrogen-bond acceptors (Lipinski definition) is 5. The number of nitrogens with zero attached hydrogens (tertiary/aromatic N) is 4. The van der Waals surface area contributed by atoms with Gasteiger partial charge in [-0.05, 0) is 6.92 Å². The summed E-state index contributed by atoms with van der Waals surface area (Å²) in [7, 11) is 0. The second-order valence-corrected chi connectivity index (χ2v) is 5.48. The minimum atomic E-state index is -0.319. The molecular weight excluding hydrogens is 298 g/mol. The number of aromatic nitrogens is 4. The number of hydrogen-bond donors (Lipinski definition) is 1. The van der Waals surface area contributed by atoms with Crippen LogP contribution >= 0.6 is 0 Å². The molecule has 2 aromatic heterocycles. The maximum absolute atomic E-state index is 12.6. The smallest absolute Gasteiger partial charge is 0.251 e. The number of H-pyrrole nitrogens is 1. The zero-order valence-electron chi connectivity index (χ0n) is 12.9. The van der Waals surface area contributed by atoms with Gasteiger partial charge in [0.05, 0.1) is 31.3 Å². The first-order chi connectivity index (χ1) is 11.1. The van der Waals surface area contributed by atoms with Crippen LogP contribution in [0.3, 0.4) is 0 Å². The van der Waals surface area contributed by atoms with Gasteiger partial charge in [0.1, 0.15) is 5.82 Å². The molecule has 3 heterocycles. The highest BCUT2D eigenvalue weighted by Gasteiger charge is 2.29. The van der Waals surface area contributed by atoms with E-state index in [0.29, 0.717) is 44.2 Å². The van der Waals surface area contributed by atoms with Crippen molar-refractivity contribution < 1.29 is 9.53 Å². The zero-order valence-corrected chi connectivity index (χ0v) is 12.9. The van der Waals surface area contributed by atoms with Gasteiger partial charge in [0, 0.05) is 38.0 Å². The number of morpholine rings is 1. The summed E-state index contributed by atoms with van der Waals surface area (Å²) in [5.74, 6) is 0.552. The lowest BCUT2D eigenvalue weighted by Crippen LogP contribution is -2.44. The van der Waals surface area contributed by atoms with Crippen LogP contribution in [0.1, 0.15) is 24.0 Å². The van der Waals surface area contributed by atoms with E-state index in [4.69, 9.17) is 4.74 Å². The molecule has 1 fully saturated rings. The molecule has 0 saturated carbocycles. The Kier molecular flexibility index (Phi) is 4.52. The molecule has 1 aliphatic heterocycles. The molecule has 23 heavy (non-hydrogen) atoms. The highest BCUT2D eigenvalue weighted by molar-refractivity contribution is 5.76. The van der Waals surface area contributed by atoms with E-state index < -0.39 is 0 Å². The highest BCUT2D eigenvalue weighted by atomic mass is 16.5. The van der Waals surface area contributed by atoms with Crippen molar-refractivity contribution in [2.45, 2.75) is 25.9 Å². The van der Waals surface area contributed by atoms with E-state index in [9.17, 15) is 9.59 Å². The quantitative estimate of drug-likeness (QED) is 0.873. The summed E-state index contributed by atoms with van der Waals surface area (Å²) in [4.78, 5) is 36.9. The van der Waals surface area contributed by atoms with Gasteiger partial charge in [0.15, 0.2) is 0 Å². The number of nitrogens with one attached hydrogen (secondary N) is 1. The predicted octanol–water partition coefficient (Wildman–Crippen LogP) is 0.265. The van der Waals surface area contributed by atoms with Crippen molar-refractivity contribution in [3.8, 4) is 0 Å². The number of carbonyl (C=O) groups excluding carboxylic acids is 1. The molecule has 0 radical (unpaired) electrons. The van der Waals surface area contributed by atoms with E-state index in [1.165, 1.54) is 6.07 Å². The van der Waals surface area contributed by atoms with Gasteiger partial charge in [-0.2, -0.15) is 0 Å². The molecule has 8 heteroatoms. The number of aromatic amines is 1. The van der Waals surface area contributed by atoms with Crippen LogP contribution in [0.2, 0.25) is 0 Å². The molecule has 8 nitrogen and oxygen atoms in total. The van der Waals surface area contributed by atoms with Crippen molar-refractivity contribution in [1.82, 2.24) is 24.4 Å². The number of aryl methyl sites for hydroxylation is 2. The minimum absolute atomic E-state index is 0.0201. The molecule has 1 N–H and O–H groups in total. The van der Waals surface area contributed by atoms with Gasteiger partial charge in [0.2, 0.25) is 5.91 Å². The molecule has 1 amide bonds. The molecule has 0 aliphatic carbocycles. The van der Waals surface area contributed by atoms with Crippen LogP contribution in [0, 0.1) is 6.92 Å².